The van der Waals surface area contributed by atoms with Crippen LogP contribution in [0.5, 0.6) is 0 Å². The fraction of sp³-hybridized carbons (Fsp3) is 0.364. The van der Waals surface area contributed by atoms with Crippen LogP contribution in [-0.2, 0) is 31.1 Å². The van der Waals surface area contributed by atoms with Gasteiger partial charge in [-0.05, 0) is 84.3 Å². The van der Waals surface area contributed by atoms with Crippen molar-refractivity contribution in [3.8, 4) is 22.5 Å². The molecule has 1 aliphatic carbocycles. The number of ether oxygens (including phenoxy) is 1. The number of hydrogen-bond acceptors (Lipinski definition) is 6. The molecule has 2 aliphatic heterocycles. The van der Waals surface area contributed by atoms with Gasteiger partial charge in [0.05, 0.1) is 31.4 Å². The van der Waals surface area contributed by atoms with Gasteiger partial charge in [0.15, 0.2) is 5.82 Å². The molecule has 3 aliphatic rings. The van der Waals surface area contributed by atoms with Crippen LogP contribution >= 0.6 is 0 Å². The first-order valence-electron chi connectivity index (χ1n) is 15.3. The molecule has 0 radical (unpaired) electrons. The lowest BCUT2D eigenvalue weighted by Gasteiger charge is -2.21. The smallest absolute Gasteiger partial charge is 0.416 e. The summed E-state index contributed by atoms with van der Waals surface area (Å²) in [4.78, 5) is 32.5. The molecule has 4 heterocycles. The molecule has 2 aromatic carbocycles. The van der Waals surface area contributed by atoms with Crippen molar-refractivity contribution in [2.75, 3.05) is 18.1 Å². The fourth-order valence-corrected chi connectivity index (χ4v) is 6.46. The number of hydrogen-bond donors (Lipinski definition) is 1. The van der Waals surface area contributed by atoms with Crippen LogP contribution in [0, 0.1) is 5.82 Å². The Labute approximate surface area is 266 Å². The third kappa shape index (κ3) is 5.93. The van der Waals surface area contributed by atoms with E-state index in [0.29, 0.717) is 47.6 Å². The molecule has 2 fully saturated rings. The molecule has 244 valence electrons. The van der Waals surface area contributed by atoms with Gasteiger partial charge in [0.2, 0.25) is 0 Å². The Morgan fingerprint density at radius 3 is 2.57 bits per heavy atom. The molecule has 1 N–H and O–H groups in total. The van der Waals surface area contributed by atoms with E-state index in [1.165, 1.54) is 34.3 Å². The van der Waals surface area contributed by atoms with Crippen LogP contribution < -0.4 is 4.90 Å². The van der Waals surface area contributed by atoms with Crippen molar-refractivity contribution >= 4 is 17.8 Å². The third-order valence-corrected chi connectivity index (χ3v) is 8.96. The molecule has 1 atom stereocenters. The van der Waals surface area contributed by atoms with Crippen molar-refractivity contribution in [1.29, 1.82) is 0 Å². The lowest BCUT2D eigenvalue weighted by molar-refractivity contribution is -0.138. The topological polar surface area (TPSA) is 114 Å². The van der Waals surface area contributed by atoms with Gasteiger partial charge in [0, 0.05) is 36.3 Å². The van der Waals surface area contributed by atoms with Crippen molar-refractivity contribution < 1.29 is 37.0 Å². The zero-order valence-electron chi connectivity index (χ0n) is 25.3. The van der Waals surface area contributed by atoms with E-state index < -0.39 is 29.6 Å². The van der Waals surface area contributed by atoms with Gasteiger partial charge in [0.1, 0.15) is 18.0 Å². The SMILES string of the molecule is Cn1cnnc1-c1cc(F)ccc1-c1cc(C2CC2)nc(N2Cc3c(cc(COC[C@@H]4CCCN4C(=O)O)cc3C(F)(F)F)C2=O)c1. The van der Waals surface area contributed by atoms with Gasteiger partial charge < -0.3 is 19.3 Å². The molecule has 14 heteroatoms. The summed E-state index contributed by atoms with van der Waals surface area (Å²) in [6.07, 6.45) is -1.26. The van der Waals surface area contributed by atoms with Crippen LogP contribution in [-0.4, -0.2) is 60.9 Å². The maximum atomic E-state index is 14.5. The third-order valence-electron chi connectivity index (χ3n) is 8.96. The van der Waals surface area contributed by atoms with Gasteiger partial charge in [-0.25, -0.2) is 14.2 Å². The number of likely N-dealkylation sites (tertiary alicyclic amines) is 1. The van der Waals surface area contributed by atoms with E-state index in [2.05, 4.69) is 10.2 Å². The number of alkyl halides is 3. The van der Waals surface area contributed by atoms with E-state index in [1.807, 2.05) is 6.07 Å². The summed E-state index contributed by atoms with van der Waals surface area (Å²) in [7, 11) is 1.73. The molecule has 0 spiro atoms. The van der Waals surface area contributed by atoms with E-state index in [1.54, 1.807) is 23.7 Å². The molecule has 7 rings (SSSR count). The van der Waals surface area contributed by atoms with E-state index in [-0.39, 0.29) is 54.2 Å². The Hall–Kier alpha value is -4.85. The summed E-state index contributed by atoms with van der Waals surface area (Å²) in [6, 6.07) is 9.79. The van der Waals surface area contributed by atoms with Gasteiger partial charge >= 0.3 is 12.3 Å². The number of benzene rings is 2. The van der Waals surface area contributed by atoms with Crippen molar-refractivity contribution in [3.63, 3.8) is 0 Å². The van der Waals surface area contributed by atoms with E-state index in [4.69, 9.17) is 9.72 Å². The number of fused-ring (bicyclic) bond motifs is 1. The van der Waals surface area contributed by atoms with Gasteiger partial charge in [-0.3, -0.25) is 9.69 Å². The molecule has 0 bridgehead atoms. The summed E-state index contributed by atoms with van der Waals surface area (Å²) in [6.45, 7) is -0.140. The Morgan fingerprint density at radius 1 is 1.06 bits per heavy atom. The largest absolute Gasteiger partial charge is 0.465 e. The average Bonchev–Trinajstić information content (AvgIpc) is 3.47. The van der Waals surface area contributed by atoms with Crippen molar-refractivity contribution in [1.82, 2.24) is 24.6 Å². The summed E-state index contributed by atoms with van der Waals surface area (Å²) in [5.74, 6) is -0.350. The van der Waals surface area contributed by atoms with Gasteiger partial charge in [-0.1, -0.05) is 6.07 Å². The minimum Gasteiger partial charge on any atom is -0.465 e. The molecule has 47 heavy (non-hydrogen) atoms. The Balaban J connectivity index is 1.22. The van der Waals surface area contributed by atoms with Crippen LogP contribution in [0.3, 0.4) is 0 Å². The van der Waals surface area contributed by atoms with E-state index >= 15 is 0 Å². The highest BCUT2D eigenvalue weighted by Crippen LogP contribution is 2.44. The van der Waals surface area contributed by atoms with Gasteiger partial charge in [-0.2, -0.15) is 13.2 Å². The van der Waals surface area contributed by atoms with Crippen molar-refractivity contribution in [2.24, 2.45) is 7.05 Å². The number of carboxylic acid groups (broad SMARTS) is 1. The number of halogens is 4. The molecule has 2 aromatic heterocycles. The molecule has 1 saturated heterocycles. The van der Waals surface area contributed by atoms with Crippen LogP contribution in [0.15, 0.2) is 48.8 Å². The quantitative estimate of drug-likeness (QED) is 0.220. The summed E-state index contributed by atoms with van der Waals surface area (Å²) >= 11 is 0. The first-order chi connectivity index (χ1) is 22.5. The maximum Gasteiger partial charge on any atom is 0.416 e. The maximum absolute atomic E-state index is 14.5. The molecule has 2 amide bonds. The Morgan fingerprint density at radius 2 is 1.87 bits per heavy atom. The predicted molar refractivity (Wildman–Crippen MR) is 161 cm³/mol. The second-order valence-corrected chi connectivity index (χ2v) is 12.2. The molecule has 0 unspecified atom stereocenters. The first-order valence-corrected chi connectivity index (χ1v) is 15.3. The number of rotatable bonds is 8. The first kappa shape index (κ1) is 30.8. The van der Waals surface area contributed by atoms with Crippen molar-refractivity contribution in [2.45, 2.75) is 57.0 Å². The normalized spacial score (nSPS) is 17.9. The summed E-state index contributed by atoms with van der Waals surface area (Å²) < 4.78 is 65.0. The highest BCUT2D eigenvalue weighted by molar-refractivity contribution is 6.10. The minimum absolute atomic E-state index is 0.0329. The lowest BCUT2D eigenvalue weighted by atomic mass is 9.98. The average molecular weight is 651 g/mol. The summed E-state index contributed by atoms with van der Waals surface area (Å²) in [5, 5.41) is 17.4. The van der Waals surface area contributed by atoms with Gasteiger partial charge in [-0.15, -0.1) is 10.2 Å². The standard InChI is InChI=1S/C33H30F4N6O4/c1-41-17-38-40-30(41)24-13-21(34)6-7-23(24)20-11-28(19-4-5-19)39-29(12-20)43-14-26-25(31(43)44)9-18(10-27(26)33(35,36)37)15-47-16-22-3-2-8-42(22)32(45)46/h6-7,9-13,17,19,22H,2-5,8,14-16H2,1H3,(H,45,46)/t22-/m0/s1. The van der Waals surface area contributed by atoms with Crippen LogP contribution in [0.25, 0.3) is 22.5 Å². The number of aryl methyl sites for hydroxylation is 1. The number of anilines is 1. The Kier molecular flexibility index (Phi) is 7.69. The number of carbonyl (C=O) groups excluding carboxylic acids is 1. The number of pyridine rings is 1. The minimum atomic E-state index is -4.74. The highest BCUT2D eigenvalue weighted by Gasteiger charge is 2.41. The van der Waals surface area contributed by atoms with Crippen molar-refractivity contribution in [3.05, 3.63) is 82.6 Å². The molecule has 10 nitrogen and oxygen atoms in total. The van der Waals surface area contributed by atoms with E-state index in [0.717, 1.165) is 18.9 Å². The van der Waals surface area contributed by atoms with Crippen LogP contribution in [0.4, 0.5) is 28.2 Å². The lowest BCUT2D eigenvalue weighted by Crippen LogP contribution is -2.37. The zero-order valence-corrected chi connectivity index (χ0v) is 25.3. The summed E-state index contributed by atoms with van der Waals surface area (Å²) in [5.41, 5.74) is 1.37. The number of amides is 2. The second-order valence-electron chi connectivity index (χ2n) is 12.2. The molecule has 4 aromatic rings. The van der Waals surface area contributed by atoms with Crippen LogP contribution in [0.1, 0.15) is 64.3 Å². The zero-order chi connectivity index (χ0) is 33.0. The van der Waals surface area contributed by atoms with Gasteiger partial charge in [0.25, 0.3) is 5.91 Å². The molecule has 1 saturated carbocycles. The Bertz CT molecular complexity index is 1890. The molecular weight excluding hydrogens is 620 g/mol. The highest BCUT2D eigenvalue weighted by atomic mass is 19.4. The monoisotopic (exact) mass is 650 g/mol. The predicted octanol–water partition coefficient (Wildman–Crippen LogP) is 6.40. The number of nitrogens with zero attached hydrogens (tertiary/aromatic N) is 6. The fourth-order valence-electron chi connectivity index (χ4n) is 6.46. The number of aromatic nitrogens is 4. The second kappa shape index (κ2) is 11.7. The van der Waals surface area contributed by atoms with Crippen LogP contribution in [0.2, 0.25) is 0 Å². The molecular formula is C33H30F4N6O4. The number of carbonyl (C=O) groups is 2. The van der Waals surface area contributed by atoms with E-state index in [9.17, 15) is 32.3 Å².